The summed E-state index contributed by atoms with van der Waals surface area (Å²) in [6.45, 7) is 5.11. The second-order valence-corrected chi connectivity index (χ2v) is 4.47. The minimum absolute atomic E-state index is 0.133. The maximum atomic E-state index is 11.0. The molecule has 1 unspecified atom stereocenters. The molecule has 1 rings (SSSR count). The second kappa shape index (κ2) is 6.70. The van der Waals surface area contributed by atoms with E-state index in [0.717, 1.165) is 0 Å². The van der Waals surface area contributed by atoms with Crippen LogP contribution in [0.5, 0.6) is 0 Å². The van der Waals surface area contributed by atoms with Gasteiger partial charge in [-0.25, -0.2) is 0 Å². The highest BCUT2D eigenvalue weighted by Gasteiger charge is 2.41. The Bertz CT molecular complexity index is 279. The highest BCUT2D eigenvalue weighted by molar-refractivity contribution is 5.67. The van der Waals surface area contributed by atoms with Crippen molar-refractivity contribution in [3.8, 4) is 0 Å². The summed E-state index contributed by atoms with van der Waals surface area (Å²) in [4.78, 5) is 22.0. The molecule has 1 fully saturated rings. The number of hydrogen-bond donors (Lipinski definition) is 0. The van der Waals surface area contributed by atoms with Crippen molar-refractivity contribution in [3.63, 3.8) is 0 Å². The molecular formula is C12H20O6. The first kappa shape index (κ1) is 14.9. The van der Waals surface area contributed by atoms with Gasteiger partial charge in [-0.05, 0) is 0 Å². The van der Waals surface area contributed by atoms with E-state index in [1.165, 1.54) is 13.8 Å². The van der Waals surface area contributed by atoms with Crippen LogP contribution in [-0.2, 0) is 28.5 Å². The summed E-state index contributed by atoms with van der Waals surface area (Å²) in [7, 11) is 1.61. The van der Waals surface area contributed by atoms with Crippen molar-refractivity contribution in [2.75, 3.05) is 13.7 Å². The molecule has 0 aromatic carbocycles. The minimum atomic E-state index is -0.823. The lowest BCUT2D eigenvalue weighted by Crippen LogP contribution is -2.30. The minimum Gasteiger partial charge on any atom is -0.456 e. The van der Waals surface area contributed by atoms with Gasteiger partial charge >= 0.3 is 11.9 Å². The largest absolute Gasteiger partial charge is 0.456 e. The Labute approximate surface area is 107 Å². The maximum absolute atomic E-state index is 11.0. The molecule has 1 saturated heterocycles. The van der Waals surface area contributed by atoms with Crippen LogP contribution in [0.25, 0.3) is 0 Å². The van der Waals surface area contributed by atoms with Crippen molar-refractivity contribution in [1.82, 2.24) is 0 Å². The molecule has 104 valence electrons. The molecule has 1 aliphatic heterocycles. The number of carbonyl (C=O) groups excluding carboxylic acids is 2. The van der Waals surface area contributed by atoms with Crippen LogP contribution in [0.3, 0.4) is 0 Å². The third-order valence-corrected chi connectivity index (χ3v) is 2.74. The van der Waals surface area contributed by atoms with E-state index in [-0.39, 0.29) is 12.0 Å². The molecule has 1 heterocycles. The van der Waals surface area contributed by atoms with Crippen molar-refractivity contribution >= 4 is 11.9 Å². The van der Waals surface area contributed by atoms with E-state index in [0.29, 0.717) is 13.0 Å². The van der Waals surface area contributed by atoms with Gasteiger partial charge in [0.05, 0.1) is 12.7 Å². The predicted molar refractivity (Wildman–Crippen MR) is 61.6 cm³/mol. The maximum Gasteiger partial charge on any atom is 0.305 e. The zero-order chi connectivity index (χ0) is 13.7. The van der Waals surface area contributed by atoms with Gasteiger partial charge in [0.1, 0.15) is 0 Å². The molecule has 0 saturated carbocycles. The topological polar surface area (TPSA) is 71.1 Å². The smallest absolute Gasteiger partial charge is 0.305 e. The van der Waals surface area contributed by atoms with Gasteiger partial charge in [0.2, 0.25) is 6.29 Å². The Morgan fingerprint density at radius 1 is 1.28 bits per heavy atom. The van der Waals surface area contributed by atoms with Gasteiger partial charge in [-0.1, -0.05) is 6.92 Å². The van der Waals surface area contributed by atoms with Gasteiger partial charge in [-0.2, -0.15) is 0 Å². The summed E-state index contributed by atoms with van der Waals surface area (Å²) in [6.07, 6.45) is -1.02. The molecule has 0 aliphatic carbocycles. The van der Waals surface area contributed by atoms with Crippen molar-refractivity contribution in [2.24, 2.45) is 5.92 Å². The monoisotopic (exact) mass is 260 g/mol. The normalized spacial score (nSPS) is 28.8. The number of carbonyl (C=O) groups is 2. The molecular weight excluding hydrogens is 240 g/mol. The van der Waals surface area contributed by atoms with E-state index in [9.17, 15) is 9.59 Å². The molecule has 0 amide bonds. The number of ether oxygens (including phenoxy) is 4. The van der Waals surface area contributed by atoms with Crippen LogP contribution in [0.1, 0.15) is 27.2 Å². The number of hydrogen-bond acceptors (Lipinski definition) is 6. The lowest BCUT2D eigenvalue weighted by molar-refractivity contribution is -0.196. The zero-order valence-corrected chi connectivity index (χ0v) is 11.2. The van der Waals surface area contributed by atoms with E-state index in [2.05, 4.69) is 0 Å². The van der Waals surface area contributed by atoms with E-state index < -0.39 is 24.3 Å². The van der Waals surface area contributed by atoms with Gasteiger partial charge < -0.3 is 18.9 Å². The van der Waals surface area contributed by atoms with Crippen LogP contribution in [0.4, 0.5) is 0 Å². The van der Waals surface area contributed by atoms with E-state index in [1.54, 1.807) is 7.11 Å². The van der Waals surface area contributed by atoms with Crippen molar-refractivity contribution in [2.45, 2.75) is 45.7 Å². The highest BCUT2D eigenvalue weighted by atomic mass is 16.7. The fourth-order valence-electron chi connectivity index (χ4n) is 1.98. The Morgan fingerprint density at radius 2 is 1.89 bits per heavy atom. The Hall–Kier alpha value is -1.14. The summed E-state index contributed by atoms with van der Waals surface area (Å²) in [6, 6.07) is 0. The van der Waals surface area contributed by atoms with Crippen LogP contribution >= 0.6 is 0 Å². The summed E-state index contributed by atoms with van der Waals surface area (Å²) in [5.74, 6) is -0.744. The first-order valence-corrected chi connectivity index (χ1v) is 5.92. The molecule has 0 spiro atoms. The highest BCUT2D eigenvalue weighted by Crippen LogP contribution is 2.29. The molecule has 0 N–H and O–H groups in total. The van der Waals surface area contributed by atoms with Crippen LogP contribution < -0.4 is 0 Å². The van der Waals surface area contributed by atoms with Gasteiger partial charge in [-0.3, -0.25) is 9.59 Å². The van der Waals surface area contributed by atoms with Crippen molar-refractivity contribution in [3.05, 3.63) is 0 Å². The number of methoxy groups -OCH3 is 1. The lowest BCUT2D eigenvalue weighted by atomic mass is 10.0. The average molecular weight is 260 g/mol. The Kier molecular flexibility index (Phi) is 5.55. The third kappa shape index (κ3) is 4.27. The molecule has 1 aliphatic rings. The fraction of sp³-hybridized carbons (Fsp3) is 0.833. The molecule has 18 heavy (non-hydrogen) atoms. The zero-order valence-electron chi connectivity index (χ0n) is 11.2. The lowest BCUT2D eigenvalue weighted by Gasteiger charge is -2.19. The predicted octanol–water partition coefficient (Wildman–Crippen LogP) is 0.879. The number of esters is 2. The molecule has 4 atom stereocenters. The quantitative estimate of drug-likeness (QED) is 0.683. The van der Waals surface area contributed by atoms with Gasteiger partial charge in [0.15, 0.2) is 6.10 Å². The molecule has 6 nitrogen and oxygen atoms in total. The van der Waals surface area contributed by atoms with Gasteiger partial charge in [0.25, 0.3) is 0 Å². The summed E-state index contributed by atoms with van der Waals surface area (Å²) >= 11 is 0. The Balaban J connectivity index is 2.62. The van der Waals surface area contributed by atoms with E-state index >= 15 is 0 Å². The van der Waals surface area contributed by atoms with E-state index in [4.69, 9.17) is 18.9 Å². The van der Waals surface area contributed by atoms with Crippen molar-refractivity contribution < 1.29 is 28.5 Å². The Morgan fingerprint density at radius 3 is 2.39 bits per heavy atom. The standard InChI is InChI=1S/C12H20O6/c1-7(6-15-4)10-5-11(16-8(2)13)12(18-10)17-9(3)14/h7,10-12H,5-6H2,1-4H3/t7?,10-,11+,12-/m0/s1. The molecule has 0 radical (unpaired) electrons. The molecule has 0 bridgehead atoms. The van der Waals surface area contributed by atoms with Crippen LogP contribution in [0, 0.1) is 5.92 Å². The van der Waals surface area contributed by atoms with E-state index in [1.807, 2.05) is 6.92 Å². The van der Waals surface area contributed by atoms with Crippen LogP contribution in [0.15, 0.2) is 0 Å². The molecule has 6 heteroatoms. The first-order valence-electron chi connectivity index (χ1n) is 5.92. The van der Waals surface area contributed by atoms with Gasteiger partial charge in [0, 0.05) is 33.3 Å². The van der Waals surface area contributed by atoms with Gasteiger partial charge in [-0.15, -0.1) is 0 Å². The molecule has 0 aromatic rings. The van der Waals surface area contributed by atoms with Crippen molar-refractivity contribution in [1.29, 1.82) is 0 Å². The van der Waals surface area contributed by atoms with Crippen LogP contribution in [-0.4, -0.2) is 44.2 Å². The fourth-order valence-corrected chi connectivity index (χ4v) is 1.98. The second-order valence-electron chi connectivity index (χ2n) is 4.47. The first-order chi connectivity index (χ1) is 8.43. The molecule has 0 aromatic heterocycles. The van der Waals surface area contributed by atoms with Crippen LogP contribution in [0.2, 0.25) is 0 Å². The average Bonchev–Trinajstić information content (AvgIpc) is 2.60. The third-order valence-electron chi connectivity index (χ3n) is 2.74. The summed E-state index contributed by atoms with van der Waals surface area (Å²) < 4.78 is 20.8. The SMILES string of the molecule is COCC(C)[C@@H]1C[C@@H](OC(C)=O)[C@@H](OC(C)=O)O1. The summed E-state index contributed by atoms with van der Waals surface area (Å²) in [5.41, 5.74) is 0. The summed E-state index contributed by atoms with van der Waals surface area (Å²) in [5, 5.41) is 0. The number of rotatable bonds is 5.